The average Bonchev–Trinajstić information content (AvgIpc) is 2.72. The lowest BCUT2D eigenvalue weighted by Crippen LogP contribution is -2.22. The number of methoxy groups -OCH3 is 1. The lowest BCUT2D eigenvalue weighted by atomic mass is 10.1. The van der Waals surface area contributed by atoms with Gasteiger partial charge >= 0.3 is 5.97 Å². The molecule has 0 aliphatic heterocycles. The van der Waals surface area contributed by atoms with E-state index in [4.69, 9.17) is 9.47 Å². The van der Waals surface area contributed by atoms with Crippen molar-refractivity contribution in [3.05, 3.63) is 75.8 Å². The Morgan fingerprint density at radius 3 is 2.41 bits per heavy atom. The lowest BCUT2D eigenvalue weighted by Gasteiger charge is -2.11. The molecule has 0 aliphatic carbocycles. The van der Waals surface area contributed by atoms with Crippen LogP contribution < -0.4 is 10.1 Å². The predicted octanol–water partition coefficient (Wildman–Crippen LogP) is 3.86. The van der Waals surface area contributed by atoms with Gasteiger partial charge in [-0.25, -0.2) is 4.79 Å². The molecule has 0 heterocycles. The summed E-state index contributed by atoms with van der Waals surface area (Å²) in [6.07, 6.45) is 0. The van der Waals surface area contributed by atoms with Gasteiger partial charge in [-0.3, -0.25) is 14.9 Å². The molecule has 8 heteroatoms. The number of nitro groups is 1. The van der Waals surface area contributed by atoms with Crippen molar-refractivity contribution < 1.29 is 24.0 Å². The number of aryl methyl sites for hydroxylation is 1. The highest BCUT2D eigenvalue weighted by Gasteiger charge is 2.20. The quantitative estimate of drug-likeness (QED) is 0.386. The number of carbonyl (C=O) groups excluding carboxylic acids is 2. The van der Waals surface area contributed by atoms with Crippen molar-refractivity contribution in [2.45, 2.75) is 6.92 Å². The van der Waals surface area contributed by atoms with Crippen LogP contribution in [0.15, 0.2) is 54.6 Å². The zero-order valence-electron chi connectivity index (χ0n) is 15.8. The molecule has 0 fully saturated rings. The molecular formula is C21H18N2O6. The molecule has 0 saturated heterocycles. The molecule has 0 radical (unpaired) electrons. The number of hydrogen-bond acceptors (Lipinski definition) is 6. The van der Waals surface area contributed by atoms with E-state index in [9.17, 15) is 19.7 Å². The number of benzene rings is 3. The average molecular weight is 394 g/mol. The van der Waals surface area contributed by atoms with E-state index in [0.29, 0.717) is 11.3 Å². The third-order valence-electron chi connectivity index (χ3n) is 4.33. The molecule has 148 valence electrons. The van der Waals surface area contributed by atoms with Gasteiger partial charge in [-0.2, -0.15) is 0 Å². The van der Waals surface area contributed by atoms with Crippen LogP contribution in [-0.4, -0.2) is 30.5 Å². The fraction of sp³-hybridized carbons (Fsp3) is 0.143. The van der Waals surface area contributed by atoms with Crippen LogP contribution in [0.25, 0.3) is 10.8 Å². The minimum absolute atomic E-state index is 0.0711. The highest BCUT2D eigenvalue weighted by molar-refractivity contribution is 6.01. The maximum absolute atomic E-state index is 12.5. The Hall–Kier alpha value is -3.94. The maximum Gasteiger partial charge on any atom is 0.342 e. The summed E-state index contributed by atoms with van der Waals surface area (Å²) in [7, 11) is 1.44. The third kappa shape index (κ3) is 4.32. The molecule has 0 aliphatic rings. The van der Waals surface area contributed by atoms with Crippen LogP contribution in [0.1, 0.15) is 15.9 Å². The molecule has 0 bridgehead atoms. The fourth-order valence-corrected chi connectivity index (χ4v) is 2.90. The maximum atomic E-state index is 12.5. The van der Waals surface area contributed by atoms with Crippen LogP contribution >= 0.6 is 0 Å². The highest BCUT2D eigenvalue weighted by Crippen LogP contribution is 2.28. The molecule has 29 heavy (non-hydrogen) atoms. The van der Waals surface area contributed by atoms with Crippen molar-refractivity contribution >= 4 is 34.0 Å². The number of nitro benzene ring substituents is 1. The summed E-state index contributed by atoms with van der Waals surface area (Å²) in [5.74, 6) is -1.10. The first kappa shape index (κ1) is 19.8. The molecule has 0 unspecified atom stereocenters. The van der Waals surface area contributed by atoms with Gasteiger partial charge < -0.3 is 14.8 Å². The van der Waals surface area contributed by atoms with Crippen LogP contribution in [0, 0.1) is 17.0 Å². The molecule has 0 aromatic heterocycles. The summed E-state index contributed by atoms with van der Waals surface area (Å²) < 4.78 is 10.4. The molecule has 0 atom stereocenters. The van der Waals surface area contributed by atoms with Gasteiger partial charge in [0.05, 0.1) is 12.0 Å². The van der Waals surface area contributed by atoms with Crippen molar-refractivity contribution in [3.8, 4) is 5.75 Å². The Morgan fingerprint density at radius 2 is 1.76 bits per heavy atom. The smallest absolute Gasteiger partial charge is 0.342 e. The first-order valence-electron chi connectivity index (χ1n) is 8.68. The van der Waals surface area contributed by atoms with Gasteiger partial charge in [0, 0.05) is 6.07 Å². The zero-order valence-corrected chi connectivity index (χ0v) is 15.8. The summed E-state index contributed by atoms with van der Waals surface area (Å²) in [6.45, 7) is 1.04. The first-order valence-corrected chi connectivity index (χ1v) is 8.68. The number of esters is 1. The molecule has 0 spiro atoms. The highest BCUT2D eigenvalue weighted by atomic mass is 16.6. The summed E-state index contributed by atoms with van der Waals surface area (Å²) in [5.41, 5.74) is 0.540. The Morgan fingerprint density at radius 1 is 1.07 bits per heavy atom. The van der Waals surface area contributed by atoms with Crippen LogP contribution in [0.4, 0.5) is 11.4 Å². The standard InChI is InChI=1S/C21H18N2O6/c1-13-6-5-9-17(23(26)27)20(13)22-19(24)12-29-21(25)16-10-14-7-3-4-8-15(14)11-18(16)28-2/h3-11H,12H2,1-2H3,(H,22,24). The first-order chi connectivity index (χ1) is 13.9. The van der Waals surface area contributed by atoms with E-state index < -0.39 is 23.4 Å². The summed E-state index contributed by atoms with van der Waals surface area (Å²) >= 11 is 0. The number of fused-ring (bicyclic) bond motifs is 1. The van der Waals surface area contributed by atoms with Crippen molar-refractivity contribution in [1.29, 1.82) is 0 Å². The summed E-state index contributed by atoms with van der Waals surface area (Å²) in [6, 6.07) is 15.2. The van der Waals surface area contributed by atoms with Gasteiger partial charge in [-0.05, 0) is 35.4 Å². The minimum Gasteiger partial charge on any atom is -0.496 e. The van der Waals surface area contributed by atoms with Gasteiger partial charge in [0.15, 0.2) is 6.61 Å². The topological polar surface area (TPSA) is 108 Å². The van der Waals surface area contributed by atoms with Crippen LogP contribution in [0.2, 0.25) is 0 Å². The van der Waals surface area contributed by atoms with E-state index in [1.807, 2.05) is 24.3 Å². The van der Waals surface area contributed by atoms with Crippen LogP contribution in [0.3, 0.4) is 0 Å². The minimum atomic E-state index is -0.734. The molecule has 8 nitrogen and oxygen atoms in total. The molecular weight excluding hydrogens is 376 g/mol. The van der Waals surface area contributed by atoms with E-state index in [0.717, 1.165) is 10.8 Å². The van der Waals surface area contributed by atoms with Crippen molar-refractivity contribution in [1.82, 2.24) is 0 Å². The predicted molar refractivity (Wildman–Crippen MR) is 107 cm³/mol. The molecule has 3 rings (SSSR count). The van der Waals surface area contributed by atoms with Gasteiger partial charge in [0.2, 0.25) is 0 Å². The Kier molecular flexibility index (Phi) is 5.73. The number of carbonyl (C=O) groups is 2. The third-order valence-corrected chi connectivity index (χ3v) is 4.33. The zero-order chi connectivity index (χ0) is 21.0. The number of nitrogens with zero attached hydrogens (tertiary/aromatic N) is 1. The molecule has 0 saturated carbocycles. The second-order valence-electron chi connectivity index (χ2n) is 6.25. The largest absolute Gasteiger partial charge is 0.496 e. The molecule has 1 N–H and O–H groups in total. The van der Waals surface area contributed by atoms with Crippen LogP contribution in [0.5, 0.6) is 5.75 Å². The van der Waals surface area contributed by atoms with Gasteiger partial charge in [-0.15, -0.1) is 0 Å². The van der Waals surface area contributed by atoms with Crippen molar-refractivity contribution in [2.75, 3.05) is 19.0 Å². The number of hydrogen-bond donors (Lipinski definition) is 1. The fourth-order valence-electron chi connectivity index (χ4n) is 2.90. The van der Waals surface area contributed by atoms with E-state index in [1.165, 1.54) is 19.2 Å². The number of anilines is 1. The van der Waals surface area contributed by atoms with E-state index in [2.05, 4.69) is 5.32 Å². The Balaban J connectivity index is 1.74. The summed E-state index contributed by atoms with van der Waals surface area (Å²) in [5, 5.41) is 15.3. The number of rotatable bonds is 6. The number of para-hydroxylation sites is 1. The lowest BCUT2D eigenvalue weighted by molar-refractivity contribution is -0.384. The second-order valence-corrected chi connectivity index (χ2v) is 6.25. The van der Waals surface area contributed by atoms with Crippen molar-refractivity contribution in [2.24, 2.45) is 0 Å². The SMILES string of the molecule is COc1cc2ccccc2cc1C(=O)OCC(=O)Nc1c(C)cccc1[N+](=O)[O-]. The van der Waals surface area contributed by atoms with E-state index in [1.54, 1.807) is 25.1 Å². The molecule has 1 amide bonds. The Labute approximate surface area is 166 Å². The van der Waals surface area contributed by atoms with Gasteiger partial charge in [0.1, 0.15) is 17.0 Å². The van der Waals surface area contributed by atoms with Gasteiger partial charge in [0.25, 0.3) is 11.6 Å². The monoisotopic (exact) mass is 394 g/mol. The summed E-state index contributed by atoms with van der Waals surface area (Å²) in [4.78, 5) is 35.2. The second kappa shape index (κ2) is 8.39. The van der Waals surface area contributed by atoms with Crippen LogP contribution in [-0.2, 0) is 9.53 Å². The number of ether oxygens (including phenoxy) is 2. The van der Waals surface area contributed by atoms with E-state index >= 15 is 0 Å². The number of nitrogens with one attached hydrogen (secondary N) is 1. The van der Waals surface area contributed by atoms with E-state index in [-0.39, 0.29) is 16.9 Å². The molecule has 3 aromatic carbocycles. The van der Waals surface area contributed by atoms with Gasteiger partial charge in [-0.1, -0.05) is 36.4 Å². The normalized spacial score (nSPS) is 10.4. The van der Waals surface area contributed by atoms with Crippen molar-refractivity contribution in [3.63, 3.8) is 0 Å². The Bertz CT molecular complexity index is 1110. The molecule has 3 aromatic rings. The number of amides is 1.